The first-order valence-corrected chi connectivity index (χ1v) is 21.6. The molecule has 0 N–H and O–H groups in total. The molecular formula is C60H38N2O. The summed E-state index contributed by atoms with van der Waals surface area (Å²) in [4.78, 5) is 2.46. The van der Waals surface area contributed by atoms with E-state index in [1.807, 2.05) is 0 Å². The lowest BCUT2D eigenvalue weighted by Crippen LogP contribution is -2.12. The fraction of sp³-hybridized carbons (Fsp3) is 0. The van der Waals surface area contributed by atoms with Crippen molar-refractivity contribution in [3.8, 4) is 27.9 Å². The smallest absolute Gasteiger partial charge is 0.143 e. The second kappa shape index (κ2) is 14.1. The van der Waals surface area contributed by atoms with Crippen LogP contribution >= 0.6 is 0 Å². The highest BCUT2D eigenvalue weighted by molar-refractivity contribution is 6.20. The number of fused-ring (bicyclic) bond motifs is 11. The third-order valence-corrected chi connectivity index (χ3v) is 13.0. The summed E-state index contributed by atoms with van der Waals surface area (Å²) in [6.07, 6.45) is 0. The highest BCUT2D eigenvalue weighted by atomic mass is 16.3. The zero-order valence-corrected chi connectivity index (χ0v) is 34.2. The molecule has 0 aliphatic rings. The number of benzene rings is 11. The first-order chi connectivity index (χ1) is 31.3. The van der Waals surface area contributed by atoms with Crippen molar-refractivity contribution in [2.24, 2.45) is 0 Å². The fourth-order valence-electron chi connectivity index (χ4n) is 10.1. The van der Waals surface area contributed by atoms with Crippen molar-refractivity contribution >= 4 is 93.1 Å². The lowest BCUT2D eigenvalue weighted by Gasteiger charge is -2.30. The summed E-state index contributed by atoms with van der Waals surface area (Å²) in [5.41, 5.74) is 13.2. The Kier molecular flexibility index (Phi) is 7.91. The van der Waals surface area contributed by atoms with E-state index >= 15 is 0 Å². The molecule has 0 amide bonds. The second-order valence-electron chi connectivity index (χ2n) is 16.4. The largest absolute Gasteiger partial charge is 0.455 e. The molecule has 2 heterocycles. The molecule has 0 aliphatic heterocycles. The van der Waals surface area contributed by atoms with Crippen molar-refractivity contribution in [3.05, 3.63) is 231 Å². The van der Waals surface area contributed by atoms with Gasteiger partial charge < -0.3 is 13.9 Å². The summed E-state index contributed by atoms with van der Waals surface area (Å²) < 4.78 is 9.10. The Balaban J connectivity index is 1.01. The average molecular weight is 803 g/mol. The van der Waals surface area contributed by atoms with Crippen LogP contribution < -0.4 is 4.90 Å². The summed E-state index contributed by atoms with van der Waals surface area (Å²) >= 11 is 0. The normalized spacial score (nSPS) is 11.8. The van der Waals surface area contributed by atoms with Crippen LogP contribution in [0.2, 0.25) is 0 Å². The van der Waals surface area contributed by atoms with Crippen LogP contribution in [0, 0.1) is 0 Å². The van der Waals surface area contributed by atoms with E-state index in [9.17, 15) is 0 Å². The van der Waals surface area contributed by atoms with Gasteiger partial charge >= 0.3 is 0 Å². The minimum atomic E-state index is 0.879. The van der Waals surface area contributed by atoms with Crippen molar-refractivity contribution in [3.63, 3.8) is 0 Å². The van der Waals surface area contributed by atoms with Crippen LogP contribution in [-0.2, 0) is 0 Å². The number of hydrogen-bond acceptors (Lipinski definition) is 2. The van der Waals surface area contributed by atoms with E-state index in [1.165, 1.54) is 48.7 Å². The molecule has 0 bridgehead atoms. The summed E-state index contributed by atoms with van der Waals surface area (Å²) in [6.45, 7) is 0. The van der Waals surface area contributed by atoms with Gasteiger partial charge in [0.1, 0.15) is 11.2 Å². The number of hydrogen-bond donors (Lipinski definition) is 0. The molecule has 11 aromatic carbocycles. The number of rotatable bonds is 6. The molecule has 0 atom stereocenters. The molecule has 0 aliphatic carbocycles. The quantitative estimate of drug-likeness (QED) is 0.156. The maximum absolute atomic E-state index is 6.72. The molecule has 0 unspecified atom stereocenters. The van der Waals surface area contributed by atoms with E-state index < -0.39 is 0 Å². The summed E-state index contributed by atoms with van der Waals surface area (Å²) in [6, 6.07) is 83.5. The Bertz CT molecular complexity index is 3870. The monoisotopic (exact) mass is 802 g/mol. The summed E-state index contributed by atoms with van der Waals surface area (Å²) in [7, 11) is 0. The molecule has 13 rings (SSSR count). The highest BCUT2D eigenvalue weighted by Gasteiger charge is 2.23. The highest BCUT2D eigenvalue weighted by Crippen LogP contribution is 2.48. The Morgan fingerprint density at radius 1 is 0.349 bits per heavy atom. The Hall–Kier alpha value is -8.40. The molecule has 0 radical (unpaired) electrons. The van der Waals surface area contributed by atoms with Crippen molar-refractivity contribution in [1.82, 2.24) is 4.57 Å². The third-order valence-electron chi connectivity index (χ3n) is 13.0. The van der Waals surface area contributed by atoms with E-state index in [2.05, 4.69) is 240 Å². The lowest BCUT2D eigenvalue weighted by atomic mass is 9.95. The van der Waals surface area contributed by atoms with Gasteiger partial charge in [-0.25, -0.2) is 0 Å². The third kappa shape index (κ3) is 5.53. The van der Waals surface area contributed by atoms with Crippen LogP contribution in [-0.4, -0.2) is 4.57 Å². The number of anilines is 3. The van der Waals surface area contributed by atoms with E-state index in [0.717, 1.165) is 72.3 Å². The Morgan fingerprint density at radius 3 is 1.76 bits per heavy atom. The summed E-state index contributed by atoms with van der Waals surface area (Å²) in [5, 5.41) is 11.9. The molecular weight excluding hydrogens is 765 g/mol. The van der Waals surface area contributed by atoms with Crippen LogP contribution in [0.4, 0.5) is 17.1 Å². The van der Waals surface area contributed by atoms with Gasteiger partial charge in [0.2, 0.25) is 0 Å². The zero-order chi connectivity index (χ0) is 41.4. The van der Waals surface area contributed by atoms with E-state index in [0.29, 0.717) is 0 Å². The van der Waals surface area contributed by atoms with Crippen molar-refractivity contribution < 1.29 is 4.42 Å². The van der Waals surface area contributed by atoms with Crippen LogP contribution in [0.5, 0.6) is 0 Å². The maximum atomic E-state index is 6.72. The zero-order valence-electron chi connectivity index (χ0n) is 34.2. The minimum absolute atomic E-state index is 0.879. The first kappa shape index (κ1) is 35.4. The first-order valence-electron chi connectivity index (χ1n) is 21.6. The predicted octanol–water partition coefficient (Wildman–Crippen LogP) is 16.9. The number of furan rings is 1. The van der Waals surface area contributed by atoms with Gasteiger partial charge in [-0.2, -0.15) is 0 Å². The maximum Gasteiger partial charge on any atom is 0.143 e. The number of aromatic nitrogens is 1. The van der Waals surface area contributed by atoms with Gasteiger partial charge in [-0.15, -0.1) is 0 Å². The molecule has 13 aromatic rings. The Morgan fingerprint density at radius 2 is 0.968 bits per heavy atom. The SMILES string of the molecule is c1cc(-c2ccc(N(c3ccccc3-c3cccc4oc5c6ccccc6ccc5c34)c3cc4ccccc4c4ccccc34)cc2)cc(-n2c3ccccc3c3ccccc32)c1. The number of para-hydroxylation sites is 3. The van der Waals surface area contributed by atoms with Crippen molar-refractivity contribution in [2.45, 2.75) is 0 Å². The summed E-state index contributed by atoms with van der Waals surface area (Å²) in [5.74, 6) is 0. The van der Waals surface area contributed by atoms with Crippen LogP contribution in [0.3, 0.4) is 0 Å². The minimum Gasteiger partial charge on any atom is -0.455 e. The molecule has 0 fully saturated rings. The van der Waals surface area contributed by atoms with E-state index in [1.54, 1.807) is 0 Å². The van der Waals surface area contributed by atoms with Crippen LogP contribution in [0.1, 0.15) is 0 Å². The van der Waals surface area contributed by atoms with Gasteiger partial charge in [0.15, 0.2) is 0 Å². The van der Waals surface area contributed by atoms with E-state index in [-0.39, 0.29) is 0 Å². The average Bonchev–Trinajstić information content (AvgIpc) is 3.91. The van der Waals surface area contributed by atoms with Gasteiger partial charge in [0.05, 0.1) is 22.4 Å². The van der Waals surface area contributed by atoms with Crippen LogP contribution in [0.15, 0.2) is 235 Å². The molecule has 3 heteroatoms. The molecule has 63 heavy (non-hydrogen) atoms. The van der Waals surface area contributed by atoms with Crippen LogP contribution in [0.25, 0.3) is 104 Å². The van der Waals surface area contributed by atoms with Gasteiger partial charge in [0.25, 0.3) is 0 Å². The predicted molar refractivity (Wildman–Crippen MR) is 266 cm³/mol. The number of nitrogens with zero attached hydrogens (tertiary/aromatic N) is 2. The van der Waals surface area contributed by atoms with Gasteiger partial charge in [-0.05, 0) is 98.9 Å². The molecule has 0 spiro atoms. The molecule has 2 aromatic heterocycles. The van der Waals surface area contributed by atoms with Gasteiger partial charge in [0, 0.05) is 49.3 Å². The standard InChI is InChI=1S/C60H38N2O/c1-4-20-46-40(15-1)33-36-53-59-52(26-14-30-58(59)63-60(46)53)51-25-9-12-29-56(51)61(57-38-42-16-2-3-19-45(42)47-21-5-6-22-48(47)57)43-34-31-39(32-35-43)41-17-13-18-44(37-41)62-54-27-10-7-23-49(54)50-24-8-11-28-55(50)62/h1-38H. The lowest BCUT2D eigenvalue weighted by molar-refractivity contribution is 0.673. The molecule has 0 saturated carbocycles. The van der Waals surface area contributed by atoms with E-state index in [4.69, 9.17) is 4.42 Å². The van der Waals surface area contributed by atoms with Gasteiger partial charge in [-0.3, -0.25) is 0 Å². The van der Waals surface area contributed by atoms with Crippen molar-refractivity contribution in [2.75, 3.05) is 4.90 Å². The Labute approximate surface area is 363 Å². The second-order valence-corrected chi connectivity index (χ2v) is 16.4. The molecule has 294 valence electrons. The molecule has 3 nitrogen and oxygen atoms in total. The van der Waals surface area contributed by atoms with Gasteiger partial charge in [-0.1, -0.05) is 170 Å². The topological polar surface area (TPSA) is 21.3 Å². The fourth-order valence-corrected chi connectivity index (χ4v) is 10.1. The van der Waals surface area contributed by atoms with Crippen molar-refractivity contribution in [1.29, 1.82) is 0 Å². The molecule has 0 saturated heterocycles.